The highest BCUT2D eigenvalue weighted by Crippen LogP contribution is 2.28. The van der Waals surface area contributed by atoms with E-state index in [4.69, 9.17) is 9.47 Å². The summed E-state index contributed by atoms with van der Waals surface area (Å²) in [6.45, 7) is 3.06. The molecule has 2 saturated heterocycles. The third-order valence-corrected chi connectivity index (χ3v) is 8.81. The van der Waals surface area contributed by atoms with Crippen molar-refractivity contribution in [2.75, 3.05) is 52.5 Å². The van der Waals surface area contributed by atoms with E-state index in [9.17, 15) is 38.3 Å². The minimum absolute atomic E-state index is 0.0773. The van der Waals surface area contributed by atoms with Crippen molar-refractivity contribution in [3.8, 4) is 11.6 Å². The summed E-state index contributed by atoms with van der Waals surface area (Å²) in [6.07, 6.45) is 2.21. The summed E-state index contributed by atoms with van der Waals surface area (Å²) in [6, 6.07) is 4.69. The number of piperazine rings is 1. The predicted octanol–water partition coefficient (Wildman–Crippen LogP) is 1.17. The van der Waals surface area contributed by atoms with Gasteiger partial charge in [-0.25, -0.2) is 13.9 Å². The lowest BCUT2D eigenvalue weighted by Crippen LogP contribution is -2.56. The molecule has 1 aromatic carbocycles. The van der Waals surface area contributed by atoms with Gasteiger partial charge in [-0.15, -0.1) is 0 Å². The number of hydrogen-bond donors (Lipinski definition) is 3. The van der Waals surface area contributed by atoms with Crippen molar-refractivity contribution in [1.82, 2.24) is 35.1 Å². The summed E-state index contributed by atoms with van der Waals surface area (Å²) in [4.78, 5) is 80.9. The molecule has 5 amide bonds. The maximum atomic E-state index is 14.2. The molecule has 2 unspecified atom stereocenters. The fourth-order valence-corrected chi connectivity index (χ4v) is 5.91. The Bertz CT molecular complexity index is 1590. The summed E-state index contributed by atoms with van der Waals surface area (Å²) in [5.41, 5.74) is -0.0570. The molecule has 16 nitrogen and oxygen atoms in total. The van der Waals surface area contributed by atoms with Gasteiger partial charge in [-0.2, -0.15) is 5.10 Å². The Hall–Kier alpha value is -5.22. The van der Waals surface area contributed by atoms with Crippen LogP contribution in [-0.2, 0) is 23.9 Å². The summed E-state index contributed by atoms with van der Waals surface area (Å²) in [5.74, 6) is -3.37. The number of carbonyl (C=O) groups is 6. The Balaban J connectivity index is 1.29. The van der Waals surface area contributed by atoms with Crippen LogP contribution < -0.4 is 15.4 Å². The van der Waals surface area contributed by atoms with Crippen LogP contribution in [0.5, 0.6) is 5.88 Å². The molecule has 3 N–H and O–H groups in total. The summed E-state index contributed by atoms with van der Waals surface area (Å²) in [7, 11) is 0. The van der Waals surface area contributed by atoms with E-state index in [-0.39, 0.29) is 62.4 Å². The van der Waals surface area contributed by atoms with Crippen molar-refractivity contribution in [3.63, 3.8) is 0 Å². The first-order valence-electron chi connectivity index (χ1n) is 16.8. The maximum absolute atomic E-state index is 14.2. The molecule has 5 rings (SSSR count). The van der Waals surface area contributed by atoms with Crippen molar-refractivity contribution in [2.24, 2.45) is 5.92 Å². The minimum Gasteiger partial charge on any atom is -0.481 e. The molecule has 1 aromatic heterocycles. The molecular formula is C33H42FN7O9. The molecule has 2 aromatic rings. The average Bonchev–Trinajstić information content (AvgIpc) is 3.62. The number of carboxylic acid groups (broad SMARTS) is 1. The lowest BCUT2D eigenvalue weighted by atomic mass is 10.1. The van der Waals surface area contributed by atoms with E-state index in [2.05, 4.69) is 15.7 Å². The van der Waals surface area contributed by atoms with Crippen LogP contribution in [0.4, 0.5) is 9.18 Å². The molecule has 1 aliphatic carbocycles. The number of nitrogens with one attached hydrogen (secondary N) is 2. The smallest absolute Gasteiger partial charge is 0.409 e. The van der Waals surface area contributed by atoms with Gasteiger partial charge in [-0.1, -0.05) is 6.07 Å². The van der Waals surface area contributed by atoms with Crippen LogP contribution in [-0.4, -0.2) is 130 Å². The van der Waals surface area contributed by atoms with Gasteiger partial charge >= 0.3 is 12.1 Å². The number of aromatic nitrogens is 2. The van der Waals surface area contributed by atoms with Gasteiger partial charge in [-0.05, 0) is 63.1 Å². The second kappa shape index (κ2) is 16.5. The van der Waals surface area contributed by atoms with E-state index in [1.54, 1.807) is 6.92 Å². The highest BCUT2D eigenvalue weighted by atomic mass is 19.1. The van der Waals surface area contributed by atoms with Crippen molar-refractivity contribution in [2.45, 2.75) is 57.5 Å². The van der Waals surface area contributed by atoms with Gasteiger partial charge < -0.3 is 39.9 Å². The van der Waals surface area contributed by atoms with Crippen LogP contribution in [0.15, 0.2) is 30.3 Å². The Labute approximate surface area is 287 Å². The molecule has 0 radical (unpaired) electrons. The molecule has 0 spiro atoms. The fraction of sp³-hybridized carbons (Fsp3) is 0.545. The molecule has 2 aliphatic heterocycles. The van der Waals surface area contributed by atoms with Crippen LogP contribution in [0.25, 0.3) is 5.69 Å². The summed E-state index contributed by atoms with van der Waals surface area (Å²) >= 11 is 0. The molecule has 50 heavy (non-hydrogen) atoms. The molecule has 17 heteroatoms. The highest BCUT2D eigenvalue weighted by Gasteiger charge is 2.36. The van der Waals surface area contributed by atoms with Gasteiger partial charge in [0.2, 0.25) is 17.7 Å². The number of ether oxygens (including phenoxy) is 2. The second-order valence-electron chi connectivity index (χ2n) is 12.5. The Morgan fingerprint density at radius 3 is 2.44 bits per heavy atom. The number of likely N-dealkylation sites (tertiary alicyclic amines) is 1. The van der Waals surface area contributed by atoms with E-state index in [0.29, 0.717) is 31.8 Å². The lowest BCUT2D eigenvalue weighted by Gasteiger charge is -2.35. The van der Waals surface area contributed by atoms with Gasteiger partial charge in [0.25, 0.3) is 11.8 Å². The number of nitrogens with zero attached hydrogens (tertiary/aromatic N) is 5. The van der Waals surface area contributed by atoms with Gasteiger partial charge in [0.1, 0.15) is 17.9 Å². The van der Waals surface area contributed by atoms with Crippen LogP contribution in [0.2, 0.25) is 0 Å². The number of carbonyl (C=O) groups excluding carboxylic acids is 5. The van der Waals surface area contributed by atoms with Crippen LogP contribution in [0, 0.1) is 11.7 Å². The second-order valence-corrected chi connectivity index (χ2v) is 12.5. The molecule has 0 bridgehead atoms. The van der Waals surface area contributed by atoms with Gasteiger partial charge in [0.05, 0.1) is 12.3 Å². The molecule has 3 aliphatic rings. The van der Waals surface area contributed by atoms with E-state index in [1.807, 2.05) is 0 Å². The Morgan fingerprint density at radius 2 is 1.76 bits per heavy atom. The van der Waals surface area contributed by atoms with Gasteiger partial charge in [0.15, 0.2) is 12.3 Å². The van der Waals surface area contributed by atoms with E-state index in [0.717, 1.165) is 23.6 Å². The number of carboxylic acids is 1. The number of halogens is 1. The van der Waals surface area contributed by atoms with Crippen molar-refractivity contribution in [1.29, 1.82) is 0 Å². The highest BCUT2D eigenvalue weighted by molar-refractivity contribution is 5.96. The zero-order valence-electron chi connectivity index (χ0n) is 27.8. The zero-order valence-corrected chi connectivity index (χ0v) is 27.8. The summed E-state index contributed by atoms with van der Waals surface area (Å²) in [5, 5.41) is 19.1. The normalized spacial score (nSPS) is 18.0. The summed E-state index contributed by atoms with van der Waals surface area (Å²) < 4.78 is 26.2. The number of benzene rings is 1. The third kappa shape index (κ3) is 9.26. The maximum Gasteiger partial charge on any atom is 0.409 e. The number of hydrogen-bond acceptors (Lipinski definition) is 9. The lowest BCUT2D eigenvalue weighted by molar-refractivity contribution is -0.140. The van der Waals surface area contributed by atoms with E-state index in [1.165, 1.54) is 39.0 Å². The zero-order chi connectivity index (χ0) is 35.8. The number of aliphatic carboxylic acids is 1. The van der Waals surface area contributed by atoms with Crippen LogP contribution >= 0.6 is 0 Å². The molecule has 2 atom stereocenters. The first-order valence-corrected chi connectivity index (χ1v) is 16.8. The Kier molecular flexibility index (Phi) is 11.9. The molecule has 1 saturated carbocycles. The SMILES string of the molecule is CCOC(=O)N1CCN(C(=O)C(CCC(=O)O)NC(=O)c2cc(OCC(=O)N3CCCC3C(=O)NCC3CC3)n(-c3cccc(F)c3)n2)CC1. The molecule has 270 valence electrons. The minimum atomic E-state index is -1.24. The van der Waals surface area contributed by atoms with Gasteiger partial charge in [-0.3, -0.25) is 24.0 Å². The molecule has 3 heterocycles. The molecular weight excluding hydrogens is 657 g/mol. The predicted molar refractivity (Wildman–Crippen MR) is 173 cm³/mol. The topological polar surface area (TPSA) is 193 Å². The first-order chi connectivity index (χ1) is 24.0. The van der Waals surface area contributed by atoms with Crippen LogP contribution in [0.1, 0.15) is 55.9 Å². The third-order valence-electron chi connectivity index (χ3n) is 8.81. The molecule has 3 fully saturated rings. The largest absolute Gasteiger partial charge is 0.481 e. The van der Waals surface area contributed by atoms with E-state index >= 15 is 0 Å². The van der Waals surface area contributed by atoms with Crippen LogP contribution in [0.3, 0.4) is 0 Å². The Morgan fingerprint density at radius 1 is 1.02 bits per heavy atom. The van der Waals surface area contributed by atoms with Gasteiger partial charge in [0, 0.05) is 51.8 Å². The van der Waals surface area contributed by atoms with Crippen molar-refractivity contribution < 1.29 is 47.7 Å². The first kappa shape index (κ1) is 36.1. The van der Waals surface area contributed by atoms with E-state index < -0.39 is 60.7 Å². The standard InChI is InChI=1S/C33H42FN7O9/c1-2-49-33(48)39-15-13-38(14-16-39)32(47)24(10-11-29(43)44)36-30(45)25-18-28(41(37-25)23-6-3-5-22(34)17-23)50-20-27(42)40-12-4-7-26(40)31(46)35-19-21-8-9-21/h3,5-6,17-18,21,24,26H,2,4,7-16,19-20H2,1H3,(H,35,46)(H,36,45)(H,43,44). The number of amides is 5. The average molecular weight is 700 g/mol. The quantitative estimate of drug-likeness (QED) is 0.258. The fourth-order valence-electron chi connectivity index (χ4n) is 5.91. The van der Waals surface area contributed by atoms with Crippen molar-refractivity contribution >= 4 is 35.7 Å². The number of rotatable bonds is 14. The van der Waals surface area contributed by atoms with Crippen molar-refractivity contribution in [3.05, 3.63) is 41.8 Å². The monoisotopic (exact) mass is 699 g/mol.